The van der Waals surface area contributed by atoms with Crippen LogP contribution in [0.4, 0.5) is 0 Å². The Bertz CT molecular complexity index is 562. The normalized spacial score (nSPS) is 17.8. The van der Waals surface area contributed by atoms with Crippen LogP contribution in [0.5, 0.6) is 0 Å². The van der Waals surface area contributed by atoms with Crippen LogP contribution in [0, 0.1) is 0 Å². The van der Waals surface area contributed by atoms with Crippen molar-refractivity contribution in [1.29, 1.82) is 0 Å². The van der Waals surface area contributed by atoms with Gasteiger partial charge in [-0.2, -0.15) is 0 Å². The van der Waals surface area contributed by atoms with E-state index in [9.17, 15) is 0 Å². The van der Waals surface area contributed by atoms with Crippen molar-refractivity contribution < 1.29 is 4.74 Å². The first-order chi connectivity index (χ1) is 9.86. The lowest BCUT2D eigenvalue weighted by Gasteiger charge is -2.25. The van der Waals surface area contributed by atoms with Gasteiger partial charge in [0.05, 0.1) is 12.7 Å². The zero-order chi connectivity index (χ0) is 13.8. The standard InChI is InChI=1S/C18H20OS/c1-20-16-11-9-14(10-12-16)13-19-18-8-4-6-15-5-2-3-7-17(15)18/h2-3,5,7,9-12,18H,4,6,8,13H2,1H3. The Morgan fingerprint density at radius 2 is 1.90 bits per heavy atom. The summed E-state index contributed by atoms with van der Waals surface area (Å²) in [6, 6.07) is 17.4. The Morgan fingerprint density at radius 3 is 2.70 bits per heavy atom. The van der Waals surface area contributed by atoms with Gasteiger partial charge in [0.15, 0.2) is 0 Å². The summed E-state index contributed by atoms with van der Waals surface area (Å²) in [5, 5.41) is 0. The molecule has 3 rings (SSSR count). The van der Waals surface area contributed by atoms with Gasteiger partial charge in [0.1, 0.15) is 0 Å². The summed E-state index contributed by atoms with van der Waals surface area (Å²) in [5.74, 6) is 0. The average Bonchev–Trinajstić information content (AvgIpc) is 2.53. The van der Waals surface area contributed by atoms with Crippen LogP contribution in [0.25, 0.3) is 0 Å². The molecule has 0 fully saturated rings. The molecule has 1 aliphatic carbocycles. The molecule has 0 aromatic heterocycles. The van der Waals surface area contributed by atoms with Crippen LogP contribution in [0.3, 0.4) is 0 Å². The third-order valence-electron chi connectivity index (χ3n) is 3.92. The average molecular weight is 284 g/mol. The molecule has 20 heavy (non-hydrogen) atoms. The molecule has 104 valence electrons. The summed E-state index contributed by atoms with van der Waals surface area (Å²) < 4.78 is 6.16. The molecular weight excluding hydrogens is 264 g/mol. The predicted octanol–water partition coefficient (Wildman–Crippen LogP) is 5.00. The van der Waals surface area contributed by atoms with Crippen molar-refractivity contribution in [3.63, 3.8) is 0 Å². The molecule has 1 unspecified atom stereocenters. The van der Waals surface area contributed by atoms with E-state index in [0.717, 1.165) is 6.42 Å². The Balaban J connectivity index is 1.66. The molecule has 1 atom stereocenters. The van der Waals surface area contributed by atoms with Crippen molar-refractivity contribution >= 4 is 11.8 Å². The van der Waals surface area contributed by atoms with Crippen LogP contribution in [0.2, 0.25) is 0 Å². The minimum absolute atomic E-state index is 0.264. The maximum atomic E-state index is 6.16. The molecule has 0 saturated carbocycles. The molecule has 1 nitrogen and oxygen atoms in total. The fourth-order valence-corrected chi connectivity index (χ4v) is 3.21. The summed E-state index contributed by atoms with van der Waals surface area (Å²) in [6.45, 7) is 0.702. The predicted molar refractivity (Wildman–Crippen MR) is 85.1 cm³/mol. The highest BCUT2D eigenvalue weighted by Gasteiger charge is 2.19. The number of thioether (sulfide) groups is 1. The van der Waals surface area contributed by atoms with Crippen LogP contribution in [0.1, 0.15) is 35.6 Å². The molecule has 0 bridgehead atoms. The largest absolute Gasteiger partial charge is 0.369 e. The molecule has 0 saturated heterocycles. The Hall–Kier alpha value is -1.25. The van der Waals surface area contributed by atoms with Crippen LogP contribution in [0.15, 0.2) is 53.4 Å². The van der Waals surface area contributed by atoms with E-state index in [1.54, 1.807) is 11.8 Å². The van der Waals surface area contributed by atoms with Crippen LogP contribution < -0.4 is 0 Å². The number of hydrogen-bond acceptors (Lipinski definition) is 2. The maximum absolute atomic E-state index is 6.16. The highest BCUT2D eigenvalue weighted by atomic mass is 32.2. The number of hydrogen-bond donors (Lipinski definition) is 0. The Morgan fingerprint density at radius 1 is 1.10 bits per heavy atom. The van der Waals surface area contributed by atoms with E-state index in [4.69, 9.17) is 4.74 Å². The van der Waals surface area contributed by atoms with Gasteiger partial charge in [0.25, 0.3) is 0 Å². The second-order valence-corrected chi connectivity index (χ2v) is 6.12. The van der Waals surface area contributed by atoms with Gasteiger partial charge < -0.3 is 4.74 Å². The van der Waals surface area contributed by atoms with Crippen molar-refractivity contribution in [2.75, 3.05) is 6.26 Å². The quantitative estimate of drug-likeness (QED) is 0.730. The van der Waals surface area contributed by atoms with Gasteiger partial charge in [-0.3, -0.25) is 0 Å². The van der Waals surface area contributed by atoms with Crippen LogP contribution in [-0.2, 0) is 17.8 Å². The fraction of sp³-hybridized carbons (Fsp3) is 0.333. The molecule has 0 N–H and O–H groups in total. The lowest BCUT2D eigenvalue weighted by Crippen LogP contribution is -2.12. The van der Waals surface area contributed by atoms with E-state index in [-0.39, 0.29) is 6.10 Å². The SMILES string of the molecule is CSc1ccc(COC2CCCc3ccccc32)cc1. The lowest BCUT2D eigenvalue weighted by molar-refractivity contribution is 0.0282. The van der Waals surface area contributed by atoms with Crippen LogP contribution >= 0.6 is 11.8 Å². The second kappa shape index (κ2) is 6.47. The highest BCUT2D eigenvalue weighted by Crippen LogP contribution is 2.33. The summed E-state index contributed by atoms with van der Waals surface area (Å²) in [5.41, 5.74) is 4.10. The molecule has 2 aromatic rings. The van der Waals surface area contributed by atoms with Gasteiger partial charge in [0.2, 0.25) is 0 Å². The summed E-state index contributed by atoms with van der Waals surface area (Å²) in [4.78, 5) is 1.30. The first-order valence-electron chi connectivity index (χ1n) is 7.19. The zero-order valence-corrected chi connectivity index (χ0v) is 12.7. The smallest absolute Gasteiger partial charge is 0.0832 e. The zero-order valence-electron chi connectivity index (χ0n) is 11.8. The molecule has 2 heteroatoms. The van der Waals surface area contributed by atoms with Gasteiger partial charge in [-0.15, -0.1) is 11.8 Å². The van der Waals surface area contributed by atoms with Crippen molar-refractivity contribution in [2.45, 2.75) is 36.9 Å². The fourth-order valence-electron chi connectivity index (χ4n) is 2.80. The summed E-state index contributed by atoms with van der Waals surface area (Å²) in [7, 11) is 0. The first kappa shape index (κ1) is 13.7. The molecule has 0 radical (unpaired) electrons. The summed E-state index contributed by atoms with van der Waals surface area (Å²) >= 11 is 1.77. The van der Waals surface area contributed by atoms with E-state index in [0.29, 0.717) is 6.61 Å². The van der Waals surface area contributed by atoms with Crippen molar-refractivity contribution in [3.8, 4) is 0 Å². The van der Waals surface area contributed by atoms with E-state index in [1.165, 1.54) is 34.4 Å². The Kier molecular flexibility index (Phi) is 4.44. The molecular formula is C18H20OS. The van der Waals surface area contributed by atoms with E-state index >= 15 is 0 Å². The summed E-state index contributed by atoms with van der Waals surface area (Å²) in [6.07, 6.45) is 5.93. The van der Waals surface area contributed by atoms with E-state index in [1.807, 2.05) is 0 Å². The van der Waals surface area contributed by atoms with Crippen molar-refractivity contribution in [2.24, 2.45) is 0 Å². The maximum Gasteiger partial charge on any atom is 0.0832 e. The number of rotatable bonds is 4. The van der Waals surface area contributed by atoms with Crippen LogP contribution in [-0.4, -0.2) is 6.26 Å². The molecule has 0 heterocycles. The van der Waals surface area contributed by atoms with Gasteiger partial charge >= 0.3 is 0 Å². The minimum atomic E-state index is 0.264. The topological polar surface area (TPSA) is 9.23 Å². The molecule has 0 amide bonds. The number of fused-ring (bicyclic) bond motifs is 1. The monoisotopic (exact) mass is 284 g/mol. The minimum Gasteiger partial charge on any atom is -0.369 e. The van der Waals surface area contributed by atoms with Gasteiger partial charge in [-0.1, -0.05) is 36.4 Å². The van der Waals surface area contributed by atoms with Crippen molar-refractivity contribution in [3.05, 3.63) is 65.2 Å². The lowest BCUT2D eigenvalue weighted by atomic mass is 9.89. The van der Waals surface area contributed by atoms with Gasteiger partial charge in [-0.25, -0.2) is 0 Å². The Labute approximate surface area is 125 Å². The molecule has 0 aliphatic heterocycles. The third-order valence-corrected chi connectivity index (χ3v) is 4.67. The third kappa shape index (κ3) is 3.08. The van der Waals surface area contributed by atoms with E-state index < -0.39 is 0 Å². The van der Waals surface area contributed by atoms with E-state index in [2.05, 4.69) is 54.8 Å². The highest BCUT2D eigenvalue weighted by molar-refractivity contribution is 7.98. The molecule has 1 aliphatic rings. The number of ether oxygens (including phenoxy) is 1. The van der Waals surface area contributed by atoms with Gasteiger partial charge in [0, 0.05) is 4.90 Å². The molecule has 0 spiro atoms. The number of benzene rings is 2. The number of aryl methyl sites for hydroxylation is 1. The second-order valence-electron chi connectivity index (χ2n) is 5.24. The molecule has 2 aromatic carbocycles. The van der Waals surface area contributed by atoms with Crippen molar-refractivity contribution in [1.82, 2.24) is 0 Å². The first-order valence-corrected chi connectivity index (χ1v) is 8.41. The van der Waals surface area contributed by atoms with Gasteiger partial charge in [-0.05, 0) is 54.3 Å².